The molecule has 0 N–H and O–H groups in total. The molecule has 0 spiro atoms. The van der Waals surface area contributed by atoms with E-state index in [2.05, 4.69) is 13.2 Å². The fraction of sp³-hybridized carbons (Fsp3) is 0.375. The summed E-state index contributed by atoms with van der Waals surface area (Å²) in [6.07, 6.45) is 3.60. The number of alkyl halides is 1. The molecule has 1 atom stereocenters. The second-order valence-electron chi connectivity index (χ2n) is 2.50. The molecular formula is C8H10ClNO. The van der Waals surface area contributed by atoms with Crippen LogP contribution in [0.15, 0.2) is 25.4 Å². The quantitative estimate of drug-likeness (QED) is 0.456. The van der Waals surface area contributed by atoms with Crippen molar-refractivity contribution < 1.29 is 4.79 Å². The maximum Gasteiger partial charge on any atom is 0.251 e. The highest BCUT2D eigenvalue weighted by Crippen LogP contribution is 2.30. The Balaban J connectivity index is 2.85. The third-order valence-electron chi connectivity index (χ3n) is 1.88. The average Bonchev–Trinajstić information content (AvgIpc) is 2.31. The lowest BCUT2D eigenvalue weighted by atomic mass is 10.1. The standard InChI is InChI=1S/C8H10ClNO/c1-3-8(9)5-6-10(4-2)7(8)11/h3-4H,1-2,5-6H2. The van der Waals surface area contributed by atoms with Crippen LogP contribution in [-0.2, 0) is 4.79 Å². The second-order valence-corrected chi connectivity index (χ2v) is 3.17. The van der Waals surface area contributed by atoms with Gasteiger partial charge in [0.05, 0.1) is 0 Å². The van der Waals surface area contributed by atoms with Crippen LogP contribution in [0.1, 0.15) is 6.42 Å². The highest BCUT2D eigenvalue weighted by atomic mass is 35.5. The molecule has 0 aromatic rings. The van der Waals surface area contributed by atoms with Gasteiger partial charge in [-0.25, -0.2) is 0 Å². The topological polar surface area (TPSA) is 20.3 Å². The van der Waals surface area contributed by atoms with Crippen LogP contribution in [0, 0.1) is 0 Å². The Morgan fingerprint density at radius 2 is 2.27 bits per heavy atom. The fourth-order valence-corrected chi connectivity index (χ4v) is 1.29. The fourth-order valence-electron chi connectivity index (χ4n) is 1.09. The van der Waals surface area contributed by atoms with Gasteiger partial charge in [0.25, 0.3) is 5.91 Å². The molecule has 0 aromatic carbocycles. The van der Waals surface area contributed by atoms with E-state index in [-0.39, 0.29) is 5.91 Å². The predicted octanol–water partition coefficient (Wildman–Crippen LogP) is 1.53. The van der Waals surface area contributed by atoms with E-state index in [9.17, 15) is 4.79 Å². The summed E-state index contributed by atoms with van der Waals surface area (Å²) in [6, 6.07) is 0. The Kier molecular flexibility index (Phi) is 2.05. The van der Waals surface area contributed by atoms with Crippen molar-refractivity contribution in [3.8, 4) is 0 Å². The van der Waals surface area contributed by atoms with Crippen molar-refractivity contribution in [1.82, 2.24) is 4.90 Å². The van der Waals surface area contributed by atoms with E-state index >= 15 is 0 Å². The normalized spacial score (nSPS) is 30.6. The lowest BCUT2D eigenvalue weighted by molar-refractivity contribution is -0.126. The summed E-state index contributed by atoms with van der Waals surface area (Å²) in [6.45, 7) is 7.66. The molecule has 0 aliphatic carbocycles. The molecule has 0 aromatic heterocycles. The van der Waals surface area contributed by atoms with Crippen LogP contribution in [-0.4, -0.2) is 22.2 Å². The summed E-state index contributed by atoms with van der Waals surface area (Å²) in [5, 5.41) is 0. The highest BCUT2D eigenvalue weighted by Gasteiger charge is 2.41. The van der Waals surface area contributed by atoms with Crippen LogP contribution in [0.3, 0.4) is 0 Å². The van der Waals surface area contributed by atoms with Crippen molar-refractivity contribution >= 4 is 17.5 Å². The molecule has 11 heavy (non-hydrogen) atoms. The summed E-state index contributed by atoms with van der Waals surface area (Å²) in [5.41, 5.74) is 0. The maximum atomic E-state index is 11.3. The Labute approximate surface area is 71.1 Å². The first-order valence-electron chi connectivity index (χ1n) is 3.40. The van der Waals surface area contributed by atoms with E-state index in [4.69, 9.17) is 11.6 Å². The summed E-state index contributed by atoms with van der Waals surface area (Å²) in [5.74, 6) is -0.121. The molecule has 0 saturated carbocycles. The molecule has 60 valence electrons. The van der Waals surface area contributed by atoms with Gasteiger partial charge in [0.15, 0.2) is 0 Å². The first kappa shape index (κ1) is 8.34. The molecule has 0 bridgehead atoms. The van der Waals surface area contributed by atoms with Crippen LogP contribution >= 0.6 is 11.6 Å². The van der Waals surface area contributed by atoms with E-state index in [0.717, 1.165) is 0 Å². The van der Waals surface area contributed by atoms with Gasteiger partial charge in [-0.1, -0.05) is 12.7 Å². The number of hydrogen-bond acceptors (Lipinski definition) is 1. The highest BCUT2D eigenvalue weighted by molar-refractivity contribution is 6.37. The van der Waals surface area contributed by atoms with Gasteiger partial charge in [-0.15, -0.1) is 18.2 Å². The number of hydrogen-bond donors (Lipinski definition) is 0. The third kappa shape index (κ3) is 1.18. The van der Waals surface area contributed by atoms with Crippen LogP contribution in [0.4, 0.5) is 0 Å². The van der Waals surface area contributed by atoms with Crippen LogP contribution in [0.2, 0.25) is 0 Å². The van der Waals surface area contributed by atoms with E-state index in [0.29, 0.717) is 13.0 Å². The molecule has 2 nitrogen and oxygen atoms in total. The van der Waals surface area contributed by atoms with E-state index in [1.807, 2.05) is 0 Å². The molecule has 1 aliphatic heterocycles. The number of halogens is 1. The van der Waals surface area contributed by atoms with Gasteiger partial charge < -0.3 is 4.90 Å². The first-order valence-corrected chi connectivity index (χ1v) is 3.78. The van der Waals surface area contributed by atoms with E-state index in [1.165, 1.54) is 17.2 Å². The van der Waals surface area contributed by atoms with Crippen molar-refractivity contribution in [3.63, 3.8) is 0 Å². The summed E-state index contributed by atoms with van der Waals surface area (Å²) >= 11 is 5.92. The molecule has 1 heterocycles. The molecule has 1 saturated heterocycles. The molecule has 0 radical (unpaired) electrons. The molecule has 3 heteroatoms. The minimum absolute atomic E-state index is 0.121. The monoisotopic (exact) mass is 171 g/mol. The Bertz CT molecular complexity index is 214. The van der Waals surface area contributed by atoms with Gasteiger partial charge in [0, 0.05) is 6.54 Å². The lowest BCUT2D eigenvalue weighted by Gasteiger charge is -2.13. The summed E-state index contributed by atoms with van der Waals surface area (Å²) in [4.78, 5) is 12.0. The van der Waals surface area contributed by atoms with Gasteiger partial charge >= 0.3 is 0 Å². The van der Waals surface area contributed by atoms with Gasteiger partial charge in [0.1, 0.15) is 4.87 Å². The second kappa shape index (κ2) is 2.70. The van der Waals surface area contributed by atoms with Crippen molar-refractivity contribution in [1.29, 1.82) is 0 Å². The van der Waals surface area contributed by atoms with Gasteiger partial charge in [-0.05, 0) is 12.6 Å². The molecule has 1 rings (SSSR count). The van der Waals surface area contributed by atoms with Crippen LogP contribution in [0.25, 0.3) is 0 Å². The van der Waals surface area contributed by atoms with Gasteiger partial charge in [-0.3, -0.25) is 4.79 Å². The number of carbonyl (C=O) groups excluding carboxylic acids is 1. The molecular weight excluding hydrogens is 162 g/mol. The Morgan fingerprint density at radius 1 is 1.64 bits per heavy atom. The SMILES string of the molecule is C=CN1CCC(Cl)(C=C)C1=O. The Morgan fingerprint density at radius 3 is 2.55 bits per heavy atom. The zero-order chi connectivity index (χ0) is 8.48. The lowest BCUT2D eigenvalue weighted by Crippen LogP contribution is -2.30. The Hall–Kier alpha value is -0.760. The van der Waals surface area contributed by atoms with Crippen molar-refractivity contribution in [3.05, 3.63) is 25.4 Å². The van der Waals surface area contributed by atoms with Crippen LogP contribution < -0.4 is 0 Å². The number of likely N-dealkylation sites (tertiary alicyclic amines) is 1. The molecule has 1 fully saturated rings. The first-order chi connectivity index (χ1) is 5.14. The average molecular weight is 172 g/mol. The zero-order valence-corrected chi connectivity index (χ0v) is 6.97. The number of amides is 1. The van der Waals surface area contributed by atoms with Crippen molar-refractivity contribution in [2.45, 2.75) is 11.3 Å². The number of carbonyl (C=O) groups is 1. The smallest absolute Gasteiger partial charge is 0.251 e. The summed E-state index contributed by atoms with van der Waals surface area (Å²) < 4.78 is 0. The molecule has 1 aliphatic rings. The van der Waals surface area contributed by atoms with Crippen molar-refractivity contribution in [2.75, 3.05) is 6.54 Å². The number of nitrogens with zero attached hydrogens (tertiary/aromatic N) is 1. The number of rotatable bonds is 2. The minimum Gasteiger partial charge on any atom is -0.318 e. The molecule has 1 amide bonds. The van der Waals surface area contributed by atoms with E-state index in [1.54, 1.807) is 0 Å². The van der Waals surface area contributed by atoms with Crippen molar-refractivity contribution in [2.24, 2.45) is 0 Å². The van der Waals surface area contributed by atoms with Gasteiger partial charge in [0.2, 0.25) is 0 Å². The zero-order valence-electron chi connectivity index (χ0n) is 6.22. The van der Waals surface area contributed by atoms with Gasteiger partial charge in [-0.2, -0.15) is 0 Å². The predicted molar refractivity (Wildman–Crippen MR) is 45.3 cm³/mol. The van der Waals surface area contributed by atoms with Crippen LogP contribution in [0.5, 0.6) is 0 Å². The largest absolute Gasteiger partial charge is 0.318 e. The third-order valence-corrected chi connectivity index (χ3v) is 2.38. The summed E-state index contributed by atoms with van der Waals surface area (Å²) in [7, 11) is 0. The minimum atomic E-state index is -0.881. The molecule has 1 unspecified atom stereocenters. The van der Waals surface area contributed by atoms with E-state index < -0.39 is 4.87 Å². The maximum absolute atomic E-state index is 11.3.